The van der Waals surface area contributed by atoms with E-state index in [4.69, 9.17) is 11.6 Å². The first-order chi connectivity index (χ1) is 8.70. The van der Waals surface area contributed by atoms with Crippen LogP contribution in [0.5, 0.6) is 0 Å². The van der Waals surface area contributed by atoms with Gasteiger partial charge < -0.3 is 0 Å². The molecule has 94 valence electrons. The maximum atomic E-state index is 11.7. The Morgan fingerprint density at radius 3 is 2.61 bits per heavy atom. The van der Waals surface area contributed by atoms with Crippen molar-refractivity contribution in [2.45, 2.75) is 25.1 Å². The van der Waals surface area contributed by atoms with Crippen molar-refractivity contribution in [3.8, 4) is 0 Å². The Bertz CT molecular complexity index is 470. The normalized spacial score (nSPS) is 23.8. The lowest BCUT2D eigenvalue weighted by molar-refractivity contribution is -0.115. The minimum atomic E-state index is 0.192. The molecule has 0 aliphatic heterocycles. The van der Waals surface area contributed by atoms with Gasteiger partial charge in [-0.25, -0.2) is 0 Å². The molecule has 0 amide bonds. The second-order valence-electron chi connectivity index (χ2n) is 4.76. The summed E-state index contributed by atoms with van der Waals surface area (Å²) in [7, 11) is 0. The van der Waals surface area contributed by atoms with Crippen molar-refractivity contribution in [1.82, 2.24) is 0 Å². The Hall–Kier alpha value is -1.34. The number of benzene rings is 1. The van der Waals surface area contributed by atoms with Crippen LogP contribution >= 0.6 is 11.6 Å². The summed E-state index contributed by atoms with van der Waals surface area (Å²) in [6.07, 6.45) is 8.17. The van der Waals surface area contributed by atoms with Crippen LogP contribution in [0.1, 0.15) is 30.4 Å². The van der Waals surface area contributed by atoms with E-state index in [0.29, 0.717) is 18.2 Å². The van der Waals surface area contributed by atoms with Crippen LogP contribution in [0.4, 0.5) is 0 Å². The largest absolute Gasteiger partial charge is 0.295 e. The van der Waals surface area contributed by atoms with Crippen molar-refractivity contribution >= 4 is 17.4 Å². The molecule has 0 saturated heterocycles. The fraction of sp³-hybridized carbons (Fsp3) is 0.312. The highest BCUT2D eigenvalue weighted by Crippen LogP contribution is 2.30. The average molecular weight is 261 g/mol. The molecule has 0 radical (unpaired) electrons. The smallest absolute Gasteiger partial charge is 0.156 e. The zero-order valence-electron chi connectivity index (χ0n) is 10.5. The van der Waals surface area contributed by atoms with Gasteiger partial charge in [-0.2, -0.15) is 0 Å². The first-order valence-corrected chi connectivity index (χ1v) is 6.76. The third-order valence-corrected chi connectivity index (χ3v) is 3.73. The number of ketones is 1. The molecule has 0 spiro atoms. The number of rotatable bonds is 2. The van der Waals surface area contributed by atoms with E-state index in [9.17, 15) is 4.79 Å². The van der Waals surface area contributed by atoms with E-state index in [-0.39, 0.29) is 11.7 Å². The summed E-state index contributed by atoms with van der Waals surface area (Å²) in [5.74, 6) is 1.34. The Balaban J connectivity index is 2.26. The molecule has 0 heterocycles. The molecule has 18 heavy (non-hydrogen) atoms. The number of alkyl halides is 1. The van der Waals surface area contributed by atoms with Crippen molar-refractivity contribution in [3.05, 3.63) is 59.7 Å². The number of allylic oxidation sites excluding steroid dienone is 4. The molecule has 1 aromatic rings. The fourth-order valence-electron chi connectivity index (χ4n) is 2.28. The highest BCUT2D eigenvalue weighted by atomic mass is 35.5. The Labute approximate surface area is 113 Å². The van der Waals surface area contributed by atoms with Gasteiger partial charge in [0.15, 0.2) is 5.78 Å². The number of halogens is 1. The van der Waals surface area contributed by atoms with Crippen LogP contribution in [0.25, 0.3) is 0 Å². The third-order valence-electron chi connectivity index (χ3n) is 3.43. The summed E-state index contributed by atoms with van der Waals surface area (Å²) in [6, 6.07) is 8.26. The zero-order valence-corrected chi connectivity index (χ0v) is 11.2. The minimum absolute atomic E-state index is 0.192. The van der Waals surface area contributed by atoms with Crippen LogP contribution in [0, 0.1) is 5.92 Å². The Kier molecular flexibility index (Phi) is 4.38. The molecule has 1 nitrogen and oxygen atoms in total. The number of carbonyl (C=O) groups is 1. The lowest BCUT2D eigenvalue weighted by atomic mass is 9.82. The van der Waals surface area contributed by atoms with E-state index < -0.39 is 0 Å². The minimum Gasteiger partial charge on any atom is -0.295 e. The van der Waals surface area contributed by atoms with E-state index in [1.165, 1.54) is 5.56 Å². The first kappa shape index (κ1) is 13.1. The van der Waals surface area contributed by atoms with Gasteiger partial charge in [0.05, 0.1) is 0 Å². The zero-order chi connectivity index (χ0) is 13.0. The molecular formula is C16H17ClO. The van der Waals surface area contributed by atoms with E-state index in [1.807, 2.05) is 24.3 Å². The molecule has 1 aliphatic carbocycles. The Morgan fingerprint density at radius 1 is 1.22 bits per heavy atom. The molecule has 0 N–H and O–H groups in total. The first-order valence-electron chi connectivity index (χ1n) is 6.23. The van der Waals surface area contributed by atoms with Crippen LogP contribution in [0.15, 0.2) is 48.6 Å². The predicted molar refractivity (Wildman–Crippen MR) is 75.8 cm³/mol. The van der Waals surface area contributed by atoms with Gasteiger partial charge in [-0.05, 0) is 29.0 Å². The van der Waals surface area contributed by atoms with Crippen molar-refractivity contribution in [1.29, 1.82) is 0 Å². The average Bonchev–Trinajstić information content (AvgIpc) is 2.39. The molecule has 2 rings (SSSR count). The van der Waals surface area contributed by atoms with Crippen LogP contribution in [0.3, 0.4) is 0 Å². The monoisotopic (exact) mass is 260 g/mol. The van der Waals surface area contributed by atoms with Gasteiger partial charge >= 0.3 is 0 Å². The Morgan fingerprint density at radius 2 is 1.94 bits per heavy atom. The van der Waals surface area contributed by atoms with Gasteiger partial charge in [-0.15, -0.1) is 11.6 Å². The molecule has 2 heteroatoms. The summed E-state index contributed by atoms with van der Waals surface area (Å²) >= 11 is 5.79. The molecule has 0 aromatic heterocycles. The summed E-state index contributed by atoms with van der Waals surface area (Å²) in [5.41, 5.74) is 2.32. The second-order valence-corrected chi connectivity index (χ2v) is 5.02. The van der Waals surface area contributed by atoms with Gasteiger partial charge in [0, 0.05) is 12.3 Å². The standard InChI is InChI=1S/C16H17ClO/c1-12-4-2-3-5-15(18)10-16(12)14-8-6-13(11-17)7-9-14/h2-9,12,16H,10-11H2,1H3. The lowest BCUT2D eigenvalue weighted by Gasteiger charge is -2.22. The van der Waals surface area contributed by atoms with Crippen LogP contribution in [0.2, 0.25) is 0 Å². The predicted octanol–water partition coefficient (Wildman–Crippen LogP) is 4.23. The van der Waals surface area contributed by atoms with Crippen molar-refractivity contribution < 1.29 is 4.79 Å². The van der Waals surface area contributed by atoms with Gasteiger partial charge in [0.25, 0.3) is 0 Å². The number of hydrogen-bond donors (Lipinski definition) is 0. The maximum Gasteiger partial charge on any atom is 0.156 e. The lowest BCUT2D eigenvalue weighted by Crippen LogP contribution is -2.13. The molecule has 0 fully saturated rings. The SMILES string of the molecule is CC1C=CC=CC(=O)CC1c1ccc(CCl)cc1. The summed E-state index contributed by atoms with van der Waals surface area (Å²) < 4.78 is 0. The van der Waals surface area contributed by atoms with Gasteiger partial charge in [0.2, 0.25) is 0 Å². The van der Waals surface area contributed by atoms with Gasteiger partial charge in [-0.1, -0.05) is 49.4 Å². The highest BCUT2D eigenvalue weighted by Gasteiger charge is 2.20. The molecule has 2 unspecified atom stereocenters. The van der Waals surface area contributed by atoms with E-state index in [0.717, 1.165) is 5.56 Å². The molecular weight excluding hydrogens is 244 g/mol. The van der Waals surface area contributed by atoms with Gasteiger partial charge in [0.1, 0.15) is 0 Å². The molecule has 0 saturated carbocycles. The summed E-state index contributed by atoms with van der Waals surface area (Å²) in [4.78, 5) is 11.7. The molecule has 2 atom stereocenters. The van der Waals surface area contributed by atoms with E-state index in [2.05, 4.69) is 25.1 Å². The van der Waals surface area contributed by atoms with Crippen LogP contribution < -0.4 is 0 Å². The molecule has 0 bridgehead atoms. The van der Waals surface area contributed by atoms with Crippen LogP contribution in [-0.4, -0.2) is 5.78 Å². The quantitative estimate of drug-likeness (QED) is 0.728. The summed E-state index contributed by atoms with van der Waals surface area (Å²) in [6.45, 7) is 2.16. The maximum absolute atomic E-state index is 11.7. The van der Waals surface area contributed by atoms with Crippen LogP contribution in [-0.2, 0) is 10.7 Å². The highest BCUT2D eigenvalue weighted by molar-refractivity contribution is 6.17. The molecule has 1 aromatic carbocycles. The molecule has 1 aliphatic rings. The van der Waals surface area contributed by atoms with Crippen molar-refractivity contribution in [2.75, 3.05) is 0 Å². The van der Waals surface area contributed by atoms with E-state index >= 15 is 0 Å². The topological polar surface area (TPSA) is 17.1 Å². The second kappa shape index (κ2) is 6.01. The summed E-state index contributed by atoms with van der Waals surface area (Å²) in [5, 5.41) is 0. The number of hydrogen-bond acceptors (Lipinski definition) is 1. The number of carbonyl (C=O) groups excluding carboxylic acids is 1. The third kappa shape index (κ3) is 3.11. The van der Waals surface area contributed by atoms with Crippen molar-refractivity contribution in [3.63, 3.8) is 0 Å². The van der Waals surface area contributed by atoms with Crippen molar-refractivity contribution in [2.24, 2.45) is 5.92 Å². The van der Waals surface area contributed by atoms with E-state index in [1.54, 1.807) is 6.08 Å². The van der Waals surface area contributed by atoms with Gasteiger partial charge in [-0.3, -0.25) is 4.79 Å². The fourth-order valence-corrected chi connectivity index (χ4v) is 2.46.